The third-order valence-corrected chi connectivity index (χ3v) is 6.37. The fourth-order valence-corrected chi connectivity index (χ4v) is 4.51. The van der Waals surface area contributed by atoms with Crippen LogP contribution in [-0.2, 0) is 10.5 Å². The Kier molecular flexibility index (Phi) is 7.28. The Morgan fingerprint density at radius 1 is 1.10 bits per heavy atom. The molecule has 2 aromatic heterocycles. The molecule has 1 fully saturated rings. The van der Waals surface area contributed by atoms with Crippen molar-refractivity contribution in [1.29, 1.82) is 0 Å². The molecule has 0 radical (unpaired) electrons. The number of nitrogen functional groups attached to an aromatic ring is 1. The van der Waals surface area contributed by atoms with Crippen molar-refractivity contribution in [3.63, 3.8) is 0 Å². The molecule has 168 valence electrons. The molecule has 1 aliphatic heterocycles. The summed E-state index contributed by atoms with van der Waals surface area (Å²) in [5.74, 6) is 0.234. The van der Waals surface area contributed by atoms with Crippen molar-refractivity contribution in [3.05, 3.63) is 12.7 Å². The molecular formula is C21H35N5O4. The van der Waals surface area contributed by atoms with Gasteiger partial charge in [-0.3, -0.25) is 4.57 Å². The zero-order valence-corrected chi connectivity index (χ0v) is 18.0. The minimum absolute atomic E-state index is 0.234. The molecule has 9 heteroatoms. The Labute approximate surface area is 177 Å². The fourth-order valence-electron chi connectivity index (χ4n) is 4.51. The second kappa shape index (κ2) is 9.55. The van der Waals surface area contributed by atoms with Gasteiger partial charge in [0.05, 0.1) is 12.9 Å². The van der Waals surface area contributed by atoms with Crippen LogP contribution in [0.25, 0.3) is 11.2 Å². The van der Waals surface area contributed by atoms with Gasteiger partial charge in [0.25, 0.3) is 0 Å². The minimum atomic E-state index is -1.66. The fraction of sp³-hybridized carbons (Fsp3) is 0.762. The number of ether oxygens (including phenoxy) is 1. The summed E-state index contributed by atoms with van der Waals surface area (Å²) in [5, 5.41) is 31.7. The molecule has 0 bridgehead atoms. The SMILES string of the molecule is CCCCCCCCCC[C@@]1(n2cnc3c(N)ncnc32)O[C@H](CO)[C@@H](O)[C@@]1(C)O. The molecule has 0 aromatic carbocycles. The van der Waals surface area contributed by atoms with Crippen molar-refractivity contribution in [1.82, 2.24) is 19.5 Å². The van der Waals surface area contributed by atoms with E-state index in [4.69, 9.17) is 10.5 Å². The summed E-state index contributed by atoms with van der Waals surface area (Å²) in [6.45, 7) is 3.34. The number of nitrogens with two attached hydrogens (primary N) is 1. The smallest absolute Gasteiger partial charge is 0.179 e. The first-order valence-corrected chi connectivity index (χ1v) is 11.0. The molecule has 5 N–H and O–H groups in total. The number of aromatic nitrogens is 4. The molecule has 3 rings (SSSR count). The van der Waals surface area contributed by atoms with E-state index in [9.17, 15) is 15.3 Å². The van der Waals surface area contributed by atoms with Crippen molar-refractivity contribution >= 4 is 17.0 Å². The number of imidazole rings is 1. The molecule has 0 saturated carbocycles. The van der Waals surface area contributed by atoms with Crippen molar-refractivity contribution in [2.24, 2.45) is 0 Å². The second-order valence-corrected chi connectivity index (χ2v) is 8.49. The molecule has 0 spiro atoms. The van der Waals surface area contributed by atoms with Crippen LogP contribution in [0.1, 0.15) is 71.6 Å². The zero-order chi connectivity index (χ0) is 21.8. The van der Waals surface area contributed by atoms with E-state index in [-0.39, 0.29) is 5.82 Å². The maximum absolute atomic E-state index is 11.4. The number of fused-ring (bicyclic) bond motifs is 1. The topological polar surface area (TPSA) is 140 Å². The van der Waals surface area contributed by atoms with Gasteiger partial charge in [0.15, 0.2) is 17.2 Å². The number of aliphatic hydroxyl groups excluding tert-OH is 2. The Hall–Kier alpha value is -1.81. The highest BCUT2D eigenvalue weighted by Crippen LogP contribution is 2.48. The number of hydrogen-bond acceptors (Lipinski definition) is 8. The van der Waals surface area contributed by atoms with E-state index in [1.807, 2.05) is 0 Å². The maximum Gasteiger partial charge on any atom is 0.179 e. The highest BCUT2D eigenvalue weighted by molar-refractivity contribution is 5.81. The van der Waals surface area contributed by atoms with Crippen LogP contribution in [0.4, 0.5) is 5.82 Å². The lowest BCUT2D eigenvalue weighted by atomic mass is 9.84. The van der Waals surface area contributed by atoms with Crippen molar-refractivity contribution in [2.45, 2.75) is 95.2 Å². The van der Waals surface area contributed by atoms with Crippen LogP contribution < -0.4 is 5.73 Å². The lowest BCUT2D eigenvalue weighted by Crippen LogP contribution is -2.55. The Bertz CT molecular complexity index is 827. The van der Waals surface area contributed by atoms with Crippen LogP contribution >= 0.6 is 0 Å². The quantitative estimate of drug-likeness (QED) is 0.404. The van der Waals surface area contributed by atoms with Gasteiger partial charge in [-0.05, 0) is 19.8 Å². The van der Waals surface area contributed by atoms with Crippen LogP contribution in [0, 0.1) is 0 Å². The lowest BCUT2D eigenvalue weighted by Gasteiger charge is -2.40. The maximum atomic E-state index is 11.4. The van der Waals surface area contributed by atoms with E-state index in [0.717, 1.165) is 19.3 Å². The van der Waals surface area contributed by atoms with Gasteiger partial charge >= 0.3 is 0 Å². The second-order valence-electron chi connectivity index (χ2n) is 8.49. The van der Waals surface area contributed by atoms with Gasteiger partial charge in [-0.2, -0.15) is 0 Å². The minimum Gasteiger partial charge on any atom is -0.394 e. The first-order valence-electron chi connectivity index (χ1n) is 11.0. The molecule has 2 aromatic rings. The van der Waals surface area contributed by atoms with Gasteiger partial charge in [0, 0.05) is 0 Å². The molecule has 0 amide bonds. The number of hydrogen-bond donors (Lipinski definition) is 4. The van der Waals surface area contributed by atoms with Gasteiger partial charge < -0.3 is 25.8 Å². The summed E-state index contributed by atoms with van der Waals surface area (Å²) in [6.07, 6.45) is 10.2. The van der Waals surface area contributed by atoms with E-state index in [1.165, 1.54) is 51.7 Å². The van der Waals surface area contributed by atoms with Gasteiger partial charge in [0.1, 0.15) is 29.7 Å². The Morgan fingerprint density at radius 3 is 2.40 bits per heavy atom. The van der Waals surface area contributed by atoms with E-state index in [1.54, 1.807) is 4.57 Å². The number of aliphatic hydroxyl groups is 3. The van der Waals surface area contributed by atoms with Gasteiger partial charge in [-0.1, -0.05) is 51.9 Å². The highest BCUT2D eigenvalue weighted by atomic mass is 16.6. The summed E-state index contributed by atoms with van der Waals surface area (Å²) in [5.41, 5.74) is 3.79. The molecule has 9 nitrogen and oxygen atoms in total. The number of nitrogens with zero attached hydrogens (tertiary/aromatic N) is 4. The highest BCUT2D eigenvalue weighted by Gasteiger charge is 2.63. The average molecular weight is 422 g/mol. The molecule has 3 heterocycles. The molecule has 1 aliphatic rings. The van der Waals surface area contributed by atoms with Crippen LogP contribution in [0.3, 0.4) is 0 Å². The largest absolute Gasteiger partial charge is 0.394 e. The molecule has 0 unspecified atom stereocenters. The molecule has 1 saturated heterocycles. The molecule has 30 heavy (non-hydrogen) atoms. The first-order chi connectivity index (χ1) is 14.4. The normalized spacial score (nSPS) is 29.1. The Morgan fingerprint density at radius 2 is 1.77 bits per heavy atom. The third kappa shape index (κ3) is 4.03. The van der Waals surface area contributed by atoms with Crippen molar-refractivity contribution in [3.8, 4) is 0 Å². The zero-order valence-electron chi connectivity index (χ0n) is 18.0. The standard InChI is InChI=1S/C21H35N5O4/c1-3-4-5-6-7-8-9-10-11-21(20(2,29)17(28)15(12-27)30-21)26-14-25-16-18(22)23-13-24-19(16)26/h13-15,17,27-29H,3-12H2,1-2H3,(H2,22,23,24)/t15-,17-,20-,21-/m1/s1. The Balaban J connectivity index is 1.83. The van der Waals surface area contributed by atoms with E-state index < -0.39 is 30.1 Å². The van der Waals surface area contributed by atoms with Crippen LogP contribution in [0.15, 0.2) is 12.7 Å². The first kappa shape index (κ1) is 22.9. The lowest BCUT2D eigenvalue weighted by molar-refractivity contribution is -0.191. The van der Waals surface area contributed by atoms with Crippen molar-refractivity contribution in [2.75, 3.05) is 12.3 Å². The van der Waals surface area contributed by atoms with Crippen LogP contribution in [0.2, 0.25) is 0 Å². The van der Waals surface area contributed by atoms with Crippen LogP contribution in [0.5, 0.6) is 0 Å². The molecule has 0 aliphatic carbocycles. The average Bonchev–Trinajstić information content (AvgIpc) is 3.24. The molecule has 4 atom stereocenters. The third-order valence-electron chi connectivity index (χ3n) is 6.37. The van der Waals surface area contributed by atoms with Crippen LogP contribution in [-0.4, -0.2) is 59.3 Å². The summed E-state index contributed by atoms with van der Waals surface area (Å²) < 4.78 is 7.79. The predicted molar refractivity (Wildman–Crippen MR) is 114 cm³/mol. The summed E-state index contributed by atoms with van der Waals surface area (Å²) in [6, 6.07) is 0. The van der Waals surface area contributed by atoms with Gasteiger partial charge in [-0.15, -0.1) is 0 Å². The number of unbranched alkanes of at least 4 members (excludes halogenated alkanes) is 7. The number of anilines is 1. The summed E-state index contributed by atoms with van der Waals surface area (Å²) in [4.78, 5) is 12.6. The van der Waals surface area contributed by atoms with Crippen molar-refractivity contribution < 1.29 is 20.1 Å². The van der Waals surface area contributed by atoms with E-state index in [2.05, 4.69) is 21.9 Å². The predicted octanol–water partition coefficient (Wildman–Crippen LogP) is 2.10. The monoisotopic (exact) mass is 421 g/mol. The van der Waals surface area contributed by atoms with E-state index >= 15 is 0 Å². The van der Waals surface area contributed by atoms with Gasteiger partial charge in [-0.25, -0.2) is 15.0 Å². The summed E-state index contributed by atoms with van der Waals surface area (Å²) in [7, 11) is 0. The number of rotatable bonds is 11. The van der Waals surface area contributed by atoms with Gasteiger partial charge in [0.2, 0.25) is 0 Å². The molecular weight excluding hydrogens is 386 g/mol. The summed E-state index contributed by atoms with van der Waals surface area (Å²) >= 11 is 0. The van der Waals surface area contributed by atoms with E-state index in [0.29, 0.717) is 17.6 Å².